The highest BCUT2D eigenvalue weighted by atomic mass is 35.5. The number of halogens is 1. The Morgan fingerprint density at radius 1 is 1.04 bits per heavy atom. The highest BCUT2D eigenvalue weighted by Gasteiger charge is 2.05. The monoisotopic (exact) mass is 362 g/mol. The zero-order chi connectivity index (χ0) is 18.1. The lowest BCUT2D eigenvalue weighted by molar-refractivity contribution is -0.131. The normalized spacial score (nSPS) is 10.6. The second kappa shape index (κ2) is 9.59. The first kappa shape index (κ1) is 18.7. The predicted molar refractivity (Wildman–Crippen MR) is 96.7 cm³/mol. The average Bonchev–Trinajstić information content (AvgIpc) is 2.59. The molecule has 0 atom stereocenters. The van der Waals surface area contributed by atoms with Crippen LogP contribution in [0.4, 0.5) is 0 Å². The van der Waals surface area contributed by atoms with Crippen molar-refractivity contribution < 1.29 is 24.1 Å². The Bertz CT molecular complexity index is 742. The van der Waals surface area contributed by atoms with Gasteiger partial charge >= 0.3 is 5.97 Å². The first-order valence-electron chi connectivity index (χ1n) is 7.78. The molecule has 6 heteroatoms. The van der Waals surface area contributed by atoms with Crippen LogP contribution in [-0.2, 0) is 4.79 Å². The van der Waals surface area contributed by atoms with Crippen LogP contribution in [0.1, 0.15) is 12.5 Å². The fraction of sp³-hybridized carbons (Fsp3) is 0.211. The third kappa shape index (κ3) is 6.04. The van der Waals surface area contributed by atoms with Gasteiger partial charge in [0.25, 0.3) is 0 Å². The maximum Gasteiger partial charge on any atom is 0.328 e. The smallest absolute Gasteiger partial charge is 0.328 e. The second-order valence-electron chi connectivity index (χ2n) is 4.93. The molecule has 0 aliphatic carbocycles. The Balaban J connectivity index is 1.95. The molecule has 0 heterocycles. The number of hydrogen-bond acceptors (Lipinski definition) is 4. The molecule has 2 rings (SSSR count). The number of hydrogen-bond donors (Lipinski definition) is 1. The molecule has 2 aromatic carbocycles. The van der Waals surface area contributed by atoms with Gasteiger partial charge in [-0.1, -0.05) is 23.7 Å². The van der Waals surface area contributed by atoms with Gasteiger partial charge < -0.3 is 19.3 Å². The van der Waals surface area contributed by atoms with E-state index in [1.807, 2.05) is 31.2 Å². The van der Waals surface area contributed by atoms with Crippen molar-refractivity contribution in [2.75, 3.05) is 19.8 Å². The van der Waals surface area contributed by atoms with Gasteiger partial charge in [0.1, 0.15) is 19.0 Å². The standard InChI is InChI=1S/C19H19ClO5/c1-2-23-17-5-3-4-6-18(17)25-12-11-24-16-9-8-15(20)13-14(16)7-10-19(21)22/h3-10,13H,2,11-12H2,1H3,(H,21,22). The average molecular weight is 363 g/mol. The van der Waals surface area contributed by atoms with E-state index in [9.17, 15) is 4.79 Å². The molecule has 0 bridgehead atoms. The topological polar surface area (TPSA) is 65.0 Å². The second-order valence-corrected chi connectivity index (χ2v) is 5.37. The van der Waals surface area contributed by atoms with E-state index in [1.165, 1.54) is 6.08 Å². The quantitative estimate of drug-likeness (QED) is 0.532. The number of carboxylic acid groups (broad SMARTS) is 1. The zero-order valence-electron chi connectivity index (χ0n) is 13.8. The molecule has 25 heavy (non-hydrogen) atoms. The SMILES string of the molecule is CCOc1ccccc1OCCOc1ccc(Cl)cc1C=CC(=O)O. The highest BCUT2D eigenvalue weighted by molar-refractivity contribution is 6.30. The fourth-order valence-corrected chi connectivity index (χ4v) is 2.27. The molecule has 0 saturated carbocycles. The van der Waals surface area contributed by atoms with Gasteiger partial charge in [-0.2, -0.15) is 0 Å². The van der Waals surface area contributed by atoms with Crippen molar-refractivity contribution in [1.82, 2.24) is 0 Å². The molecule has 0 aliphatic rings. The zero-order valence-corrected chi connectivity index (χ0v) is 14.5. The Hall–Kier alpha value is -2.66. The Labute approximate surface area is 151 Å². The van der Waals surface area contributed by atoms with E-state index < -0.39 is 5.97 Å². The summed E-state index contributed by atoms with van der Waals surface area (Å²) in [7, 11) is 0. The van der Waals surface area contributed by atoms with E-state index in [0.29, 0.717) is 41.0 Å². The van der Waals surface area contributed by atoms with Crippen LogP contribution in [0.2, 0.25) is 5.02 Å². The van der Waals surface area contributed by atoms with Crippen LogP contribution in [0.25, 0.3) is 6.08 Å². The lowest BCUT2D eigenvalue weighted by atomic mass is 10.2. The number of rotatable bonds is 9. The third-order valence-corrected chi connectivity index (χ3v) is 3.36. The molecule has 0 unspecified atom stereocenters. The Kier molecular flexibility index (Phi) is 7.16. The van der Waals surface area contributed by atoms with Crippen molar-refractivity contribution in [1.29, 1.82) is 0 Å². The lowest BCUT2D eigenvalue weighted by Crippen LogP contribution is -2.10. The van der Waals surface area contributed by atoms with E-state index in [-0.39, 0.29) is 6.61 Å². The van der Waals surface area contributed by atoms with Gasteiger partial charge in [-0.25, -0.2) is 4.79 Å². The van der Waals surface area contributed by atoms with E-state index >= 15 is 0 Å². The predicted octanol–water partition coefficient (Wildman–Crippen LogP) is 4.29. The van der Waals surface area contributed by atoms with Crippen LogP contribution in [0, 0.1) is 0 Å². The van der Waals surface area contributed by atoms with E-state index in [4.69, 9.17) is 30.9 Å². The highest BCUT2D eigenvalue weighted by Crippen LogP contribution is 2.27. The molecule has 0 saturated heterocycles. The number of carboxylic acids is 1. The summed E-state index contributed by atoms with van der Waals surface area (Å²) in [5, 5.41) is 9.25. The lowest BCUT2D eigenvalue weighted by Gasteiger charge is -2.13. The largest absolute Gasteiger partial charge is 0.490 e. The summed E-state index contributed by atoms with van der Waals surface area (Å²) in [6, 6.07) is 12.4. The van der Waals surface area contributed by atoms with Crippen molar-refractivity contribution >= 4 is 23.6 Å². The summed E-state index contributed by atoms with van der Waals surface area (Å²) in [5.41, 5.74) is 0.588. The minimum Gasteiger partial charge on any atom is -0.490 e. The first-order chi connectivity index (χ1) is 12.1. The maximum absolute atomic E-state index is 10.7. The fourth-order valence-electron chi connectivity index (χ4n) is 2.09. The van der Waals surface area contributed by atoms with Crippen molar-refractivity contribution in [3.05, 3.63) is 59.1 Å². The molecule has 0 spiro atoms. The Morgan fingerprint density at radius 3 is 2.32 bits per heavy atom. The number of carbonyl (C=O) groups is 1. The van der Waals surface area contributed by atoms with Gasteiger partial charge in [-0.3, -0.25) is 0 Å². The van der Waals surface area contributed by atoms with E-state index in [1.54, 1.807) is 18.2 Å². The molecule has 1 N–H and O–H groups in total. The van der Waals surface area contributed by atoms with Crippen LogP contribution < -0.4 is 14.2 Å². The number of ether oxygens (including phenoxy) is 3. The van der Waals surface area contributed by atoms with Crippen LogP contribution in [0.15, 0.2) is 48.5 Å². The van der Waals surface area contributed by atoms with Gasteiger partial charge in [0.05, 0.1) is 6.61 Å². The molecular weight excluding hydrogens is 344 g/mol. The van der Waals surface area contributed by atoms with Crippen LogP contribution in [-0.4, -0.2) is 30.9 Å². The van der Waals surface area contributed by atoms with Crippen LogP contribution in [0.3, 0.4) is 0 Å². The molecule has 2 aromatic rings. The van der Waals surface area contributed by atoms with Crippen LogP contribution in [0.5, 0.6) is 17.2 Å². The maximum atomic E-state index is 10.7. The molecule has 0 amide bonds. The number of para-hydroxylation sites is 2. The van der Waals surface area contributed by atoms with E-state index in [2.05, 4.69) is 0 Å². The van der Waals surface area contributed by atoms with Gasteiger partial charge in [-0.15, -0.1) is 0 Å². The van der Waals surface area contributed by atoms with Crippen molar-refractivity contribution in [3.8, 4) is 17.2 Å². The molecule has 5 nitrogen and oxygen atoms in total. The molecule has 0 aromatic heterocycles. The first-order valence-corrected chi connectivity index (χ1v) is 8.16. The van der Waals surface area contributed by atoms with Gasteiger partial charge in [0.15, 0.2) is 11.5 Å². The van der Waals surface area contributed by atoms with Crippen molar-refractivity contribution in [2.24, 2.45) is 0 Å². The molecule has 0 fully saturated rings. The van der Waals surface area contributed by atoms with Gasteiger partial charge in [0.2, 0.25) is 0 Å². The summed E-state index contributed by atoms with van der Waals surface area (Å²) in [5.74, 6) is 0.821. The Morgan fingerprint density at radius 2 is 1.68 bits per heavy atom. The van der Waals surface area contributed by atoms with Gasteiger partial charge in [0, 0.05) is 16.7 Å². The molecule has 132 valence electrons. The minimum atomic E-state index is -1.04. The molecular formula is C19H19ClO5. The number of aliphatic carboxylic acids is 1. The van der Waals surface area contributed by atoms with Crippen molar-refractivity contribution in [3.63, 3.8) is 0 Å². The van der Waals surface area contributed by atoms with Gasteiger partial charge in [-0.05, 0) is 43.3 Å². The summed E-state index contributed by atoms with van der Waals surface area (Å²) in [6.45, 7) is 3.07. The summed E-state index contributed by atoms with van der Waals surface area (Å²) < 4.78 is 16.9. The van der Waals surface area contributed by atoms with Crippen LogP contribution >= 0.6 is 11.6 Å². The van der Waals surface area contributed by atoms with E-state index in [0.717, 1.165) is 6.08 Å². The summed E-state index contributed by atoms with van der Waals surface area (Å²) in [6.07, 6.45) is 2.47. The summed E-state index contributed by atoms with van der Waals surface area (Å²) >= 11 is 5.95. The number of benzene rings is 2. The minimum absolute atomic E-state index is 0.288. The molecule has 0 radical (unpaired) electrons. The van der Waals surface area contributed by atoms with Crippen molar-refractivity contribution in [2.45, 2.75) is 6.92 Å². The molecule has 0 aliphatic heterocycles. The third-order valence-electron chi connectivity index (χ3n) is 3.12. The summed E-state index contributed by atoms with van der Waals surface area (Å²) in [4.78, 5) is 10.7.